The third-order valence-corrected chi connectivity index (χ3v) is 9.19. The summed E-state index contributed by atoms with van der Waals surface area (Å²) in [5, 5.41) is 0. The molecule has 2 aliphatic heterocycles. The van der Waals surface area contributed by atoms with Gasteiger partial charge in [0.1, 0.15) is 17.5 Å². The molecular weight excluding hydrogens is 476 g/mol. The lowest BCUT2D eigenvalue weighted by molar-refractivity contribution is -0.221. The average Bonchev–Trinajstić information content (AvgIpc) is 3.23. The molecular formula is C32H36N2O4. The Hall–Kier alpha value is -3.30. The highest BCUT2D eigenvalue weighted by molar-refractivity contribution is 5.94. The smallest absolute Gasteiger partial charge is 0.303 e. The van der Waals surface area contributed by atoms with Gasteiger partial charge in [0.25, 0.3) is 5.91 Å². The summed E-state index contributed by atoms with van der Waals surface area (Å²) in [6.07, 6.45) is 2.72. The van der Waals surface area contributed by atoms with E-state index in [1.807, 2.05) is 41.3 Å². The summed E-state index contributed by atoms with van der Waals surface area (Å²) in [4.78, 5) is 30.7. The van der Waals surface area contributed by atoms with Gasteiger partial charge in [-0.3, -0.25) is 14.5 Å². The van der Waals surface area contributed by atoms with Crippen molar-refractivity contribution < 1.29 is 19.1 Å². The fraction of sp³-hybridized carbons (Fsp3) is 0.500. The van der Waals surface area contributed by atoms with Crippen molar-refractivity contribution in [3.05, 3.63) is 65.2 Å². The van der Waals surface area contributed by atoms with E-state index in [0.717, 1.165) is 30.7 Å². The molecule has 0 unspecified atom stereocenters. The molecule has 2 fully saturated rings. The van der Waals surface area contributed by atoms with Gasteiger partial charge < -0.3 is 14.4 Å². The van der Waals surface area contributed by atoms with Crippen molar-refractivity contribution in [1.82, 2.24) is 9.80 Å². The lowest BCUT2D eigenvalue weighted by Gasteiger charge is -2.65. The maximum Gasteiger partial charge on any atom is 0.303 e. The first-order valence-corrected chi connectivity index (χ1v) is 13.8. The fourth-order valence-corrected chi connectivity index (χ4v) is 7.93. The quantitative estimate of drug-likeness (QED) is 0.459. The minimum atomic E-state index is -0.686. The van der Waals surface area contributed by atoms with Gasteiger partial charge in [-0.2, -0.15) is 0 Å². The number of benzene rings is 2. The molecule has 6 rings (SSSR count). The van der Waals surface area contributed by atoms with E-state index < -0.39 is 11.0 Å². The molecule has 1 saturated carbocycles. The third-order valence-electron chi connectivity index (χ3n) is 9.19. The van der Waals surface area contributed by atoms with Crippen LogP contribution in [0.15, 0.2) is 48.5 Å². The van der Waals surface area contributed by atoms with Crippen LogP contribution in [-0.2, 0) is 26.2 Å². The third kappa shape index (κ3) is 3.59. The standard InChI is InChI=1S/C32H36N2O4/c1-21(2)20-34(28(36)14-13-23-9-6-5-7-10-23)25-15-16-32(38-22(3)35)27-19-24-11-8-12-26-29(24)31(32,30(25)37-26)17-18-33(27)4/h5-12,21,25,27,30H,15-20H2,1-4H3/t25-,27-,30+,31+,32-/m1/s1. The zero-order chi connectivity index (χ0) is 26.7. The summed E-state index contributed by atoms with van der Waals surface area (Å²) in [7, 11) is 2.14. The molecule has 2 heterocycles. The molecule has 0 N–H and O–H groups in total. The molecule has 2 aliphatic carbocycles. The largest absolute Gasteiger partial charge is 0.487 e. The molecule has 38 heavy (non-hydrogen) atoms. The minimum Gasteiger partial charge on any atom is -0.487 e. The van der Waals surface area contributed by atoms with E-state index in [2.05, 4.69) is 49.8 Å². The molecule has 1 saturated heterocycles. The van der Waals surface area contributed by atoms with Gasteiger partial charge in [-0.1, -0.05) is 50.1 Å². The number of piperidine rings is 1. The molecule has 198 valence electrons. The zero-order valence-electron chi connectivity index (χ0n) is 22.7. The van der Waals surface area contributed by atoms with Gasteiger partial charge in [0.2, 0.25) is 0 Å². The summed E-state index contributed by atoms with van der Waals surface area (Å²) in [5.41, 5.74) is 2.12. The number of hydrogen-bond donors (Lipinski definition) is 0. The highest BCUT2D eigenvalue weighted by atomic mass is 16.6. The minimum absolute atomic E-state index is 0.0696. The van der Waals surface area contributed by atoms with Crippen LogP contribution in [0.25, 0.3) is 0 Å². The second kappa shape index (κ2) is 9.17. The summed E-state index contributed by atoms with van der Waals surface area (Å²) in [5.74, 6) is 6.72. The number of hydrogen-bond acceptors (Lipinski definition) is 5. The molecule has 6 heteroatoms. The van der Waals surface area contributed by atoms with Crippen LogP contribution in [0, 0.1) is 17.8 Å². The maximum atomic E-state index is 13.8. The Labute approximate surface area is 225 Å². The zero-order valence-corrected chi connectivity index (χ0v) is 22.7. The van der Waals surface area contributed by atoms with Crippen LogP contribution in [0.1, 0.15) is 56.7 Å². The molecule has 1 spiro atoms. The Balaban J connectivity index is 1.46. The summed E-state index contributed by atoms with van der Waals surface area (Å²) >= 11 is 0. The lowest BCUT2D eigenvalue weighted by atomic mass is 9.48. The molecule has 2 aromatic rings. The second-order valence-electron chi connectivity index (χ2n) is 11.8. The highest BCUT2D eigenvalue weighted by Crippen LogP contribution is 2.65. The number of likely N-dealkylation sites (N-methyl/N-ethyl adjacent to an activating group) is 1. The van der Waals surface area contributed by atoms with E-state index in [9.17, 15) is 9.59 Å². The Morgan fingerprint density at radius 2 is 1.95 bits per heavy atom. The number of carbonyl (C=O) groups excluding carboxylic acids is 2. The van der Waals surface area contributed by atoms with Crippen LogP contribution in [0.2, 0.25) is 0 Å². The second-order valence-corrected chi connectivity index (χ2v) is 11.8. The van der Waals surface area contributed by atoms with Crippen molar-refractivity contribution in [2.45, 2.75) is 75.7 Å². The molecule has 1 amide bonds. The van der Waals surface area contributed by atoms with Crippen LogP contribution in [0.4, 0.5) is 0 Å². The number of esters is 1. The predicted octanol–water partition coefficient (Wildman–Crippen LogP) is 3.95. The van der Waals surface area contributed by atoms with E-state index in [1.54, 1.807) is 0 Å². The van der Waals surface area contributed by atoms with Crippen molar-refractivity contribution in [3.63, 3.8) is 0 Å². The van der Waals surface area contributed by atoms with E-state index in [0.29, 0.717) is 19.4 Å². The van der Waals surface area contributed by atoms with Crippen LogP contribution in [0.3, 0.4) is 0 Å². The Kier molecular flexibility index (Phi) is 6.03. The SMILES string of the molecule is CC(=O)O[C@@]12CC[C@@H](N(CC(C)C)C(=O)C#Cc3ccccc3)[C@@H]3Oc4cccc5c4[C@@]31CCN(C)[C@@H]2C5. The van der Waals surface area contributed by atoms with Crippen LogP contribution >= 0.6 is 0 Å². The summed E-state index contributed by atoms with van der Waals surface area (Å²) in [6.45, 7) is 7.26. The monoisotopic (exact) mass is 512 g/mol. The Morgan fingerprint density at radius 1 is 1.16 bits per heavy atom. The first-order chi connectivity index (χ1) is 18.3. The average molecular weight is 513 g/mol. The van der Waals surface area contributed by atoms with Crippen molar-refractivity contribution in [2.24, 2.45) is 5.92 Å². The van der Waals surface area contributed by atoms with Crippen molar-refractivity contribution in [2.75, 3.05) is 20.1 Å². The number of carbonyl (C=O) groups is 2. The summed E-state index contributed by atoms with van der Waals surface area (Å²) in [6, 6.07) is 15.8. The number of rotatable bonds is 4. The van der Waals surface area contributed by atoms with Gasteiger partial charge in [0.05, 0.1) is 17.5 Å². The molecule has 0 radical (unpaired) electrons. The molecule has 2 aromatic carbocycles. The normalized spacial score (nSPS) is 30.5. The first-order valence-electron chi connectivity index (χ1n) is 13.8. The number of likely N-dealkylation sites (tertiary alicyclic amines) is 1. The van der Waals surface area contributed by atoms with Crippen LogP contribution in [0.5, 0.6) is 5.75 Å². The van der Waals surface area contributed by atoms with E-state index in [1.165, 1.54) is 18.1 Å². The van der Waals surface area contributed by atoms with Gasteiger partial charge >= 0.3 is 5.97 Å². The Bertz CT molecular complexity index is 1330. The van der Waals surface area contributed by atoms with Gasteiger partial charge in [-0.15, -0.1) is 0 Å². The number of ether oxygens (including phenoxy) is 2. The van der Waals surface area contributed by atoms with Gasteiger partial charge in [-0.25, -0.2) is 0 Å². The molecule has 4 aliphatic rings. The number of amides is 1. The molecule has 5 atom stereocenters. The van der Waals surface area contributed by atoms with Gasteiger partial charge in [0, 0.05) is 30.5 Å². The summed E-state index contributed by atoms with van der Waals surface area (Å²) < 4.78 is 13.3. The maximum absolute atomic E-state index is 13.8. The highest BCUT2D eigenvalue weighted by Gasteiger charge is 2.75. The molecule has 0 aromatic heterocycles. The lowest BCUT2D eigenvalue weighted by Crippen LogP contribution is -2.79. The van der Waals surface area contributed by atoms with E-state index in [-0.39, 0.29) is 36.0 Å². The topological polar surface area (TPSA) is 59.1 Å². The molecule has 2 bridgehead atoms. The Morgan fingerprint density at radius 3 is 2.68 bits per heavy atom. The predicted molar refractivity (Wildman–Crippen MR) is 145 cm³/mol. The van der Waals surface area contributed by atoms with Crippen molar-refractivity contribution in [3.8, 4) is 17.6 Å². The van der Waals surface area contributed by atoms with Crippen LogP contribution in [-0.4, -0.2) is 65.6 Å². The van der Waals surface area contributed by atoms with E-state index >= 15 is 0 Å². The first kappa shape index (κ1) is 25.0. The van der Waals surface area contributed by atoms with Crippen molar-refractivity contribution in [1.29, 1.82) is 0 Å². The fourth-order valence-electron chi connectivity index (χ4n) is 7.93. The van der Waals surface area contributed by atoms with Crippen molar-refractivity contribution >= 4 is 11.9 Å². The van der Waals surface area contributed by atoms with Gasteiger partial charge in [-0.05, 0) is 69.0 Å². The van der Waals surface area contributed by atoms with Crippen LogP contribution < -0.4 is 4.74 Å². The van der Waals surface area contributed by atoms with E-state index in [4.69, 9.17) is 9.47 Å². The molecule has 6 nitrogen and oxygen atoms in total. The number of nitrogens with zero attached hydrogens (tertiary/aromatic N) is 2. The van der Waals surface area contributed by atoms with Gasteiger partial charge in [0.15, 0.2) is 0 Å².